The van der Waals surface area contributed by atoms with Gasteiger partial charge in [0.2, 0.25) is 0 Å². The number of aliphatic hydroxyl groups excluding tert-OH is 1. The first kappa shape index (κ1) is 21.0. The van der Waals surface area contributed by atoms with Crippen LogP contribution in [-0.4, -0.2) is 24.2 Å². The van der Waals surface area contributed by atoms with Crippen molar-refractivity contribution in [3.63, 3.8) is 0 Å². The Hall–Kier alpha value is -2.32. The van der Waals surface area contributed by atoms with Crippen LogP contribution in [0.25, 0.3) is 0 Å². The molecule has 0 saturated carbocycles. The van der Waals surface area contributed by atoms with Gasteiger partial charge in [-0.1, -0.05) is 29.8 Å². The lowest BCUT2D eigenvalue weighted by atomic mass is 10.0. The molecular formula is C18H18Cl2FN3O3. The topological polar surface area (TPSA) is 82.6 Å². The van der Waals surface area contributed by atoms with Crippen LogP contribution in [0, 0.1) is 12.7 Å². The van der Waals surface area contributed by atoms with E-state index >= 15 is 4.39 Å². The number of carbonyl (C=O) groups excluding carboxylic acids is 1. The molecule has 0 heterocycles. The molecule has 0 spiro atoms. The highest BCUT2D eigenvalue weighted by Gasteiger charge is 2.21. The van der Waals surface area contributed by atoms with E-state index in [-0.39, 0.29) is 35.1 Å². The fraction of sp³-hybridized carbons (Fsp3) is 0.167. The zero-order valence-corrected chi connectivity index (χ0v) is 15.9. The summed E-state index contributed by atoms with van der Waals surface area (Å²) in [7, 11) is 0. The fourth-order valence-corrected chi connectivity index (χ4v) is 2.71. The third-order valence-corrected chi connectivity index (χ3v) is 4.11. The lowest BCUT2D eigenvalue weighted by Gasteiger charge is -2.18. The van der Waals surface area contributed by atoms with Gasteiger partial charge in [0, 0.05) is 16.3 Å². The molecule has 27 heavy (non-hydrogen) atoms. The second kappa shape index (κ2) is 9.57. The molecule has 0 radical (unpaired) electrons. The Balaban J connectivity index is 2.50. The zero-order valence-electron chi connectivity index (χ0n) is 14.4. The summed E-state index contributed by atoms with van der Waals surface area (Å²) in [5.41, 5.74) is 3.04. The van der Waals surface area contributed by atoms with Crippen LogP contribution in [0.3, 0.4) is 0 Å². The van der Waals surface area contributed by atoms with Crippen molar-refractivity contribution in [2.24, 2.45) is 0 Å². The van der Waals surface area contributed by atoms with Gasteiger partial charge >= 0.3 is 0 Å². The molecule has 0 aliphatic carbocycles. The molecule has 9 heteroatoms. The van der Waals surface area contributed by atoms with E-state index in [1.807, 2.05) is 0 Å². The molecule has 6 nitrogen and oxygen atoms in total. The van der Waals surface area contributed by atoms with Crippen molar-refractivity contribution in [3.8, 4) is 0 Å². The van der Waals surface area contributed by atoms with Gasteiger partial charge in [0.1, 0.15) is 0 Å². The third-order valence-electron chi connectivity index (χ3n) is 3.56. The number of benzene rings is 2. The van der Waals surface area contributed by atoms with Crippen LogP contribution in [0.1, 0.15) is 15.9 Å². The predicted molar refractivity (Wildman–Crippen MR) is 105 cm³/mol. The summed E-state index contributed by atoms with van der Waals surface area (Å²) in [6, 6.07) is 6.09. The molecule has 0 aromatic heterocycles. The minimum absolute atomic E-state index is 0.0357. The second-order valence-electron chi connectivity index (χ2n) is 5.39. The summed E-state index contributed by atoms with van der Waals surface area (Å²) in [6.07, 6.45) is 1.37. The van der Waals surface area contributed by atoms with Crippen LogP contribution >= 0.6 is 23.2 Å². The van der Waals surface area contributed by atoms with Crippen LogP contribution in [0.15, 0.2) is 37.0 Å². The Morgan fingerprint density at radius 1 is 1.33 bits per heavy atom. The van der Waals surface area contributed by atoms with Crippen molar-refractivity contribution in [1.82, 2.24) is 5.48 Å². The molecule has 2 rings (SSSR count). The first-order valence-electron chi connectivity index (χ1n) is 7.84. The number of hydrogen-bond acceptors (Lipinski definition) is 5. The van der Waals surface area contributed by atoms with E-state index in [4.69, 9.17) is 33.1 Å². The standard InChI is InChI=1S/C18H18Cl2FN3O3/c1-3-22-15-9-12(18(26)24-27-7-6-25)17(16(21)10(15)2)23-14-5-4-11(19)8-13(14)20/h3-5,8-9,22-23,25H,1,6-7H2,2H3,(H,24,26). The molecule has 1 amide bonds. The maximum absolute atomic E-state index is 15.0. The van der Waals surface area contributed by atoms with E-state index < -0.39 is 11.7 Å². The maximum Gasteiger partial charge on any atom is 0.277 e. The molecule has 0 bridgehead atoms. The van der Waals surface area contributed by atoms with Crippen molar-refractivity contribution in [2.45, 2.75) is 6.92 Å². The Morgan fingerprint density at radius 3 is 2.70 bits per heavy atom. The van der Waals surface area contributed by atoms with E-state index in [1.54, 1.807) is 19.1 Å². The van der Waals surface area contributed by atoms with E-state index in [0.29, 0.717) is 16.4 Å². The van der Waals surface area contributed by atoms with Crippen molar-refractivity contribution in [3.05, 3.63) is 64.0 Å². The van der Waals surface area contributed by atoms with Gasteiger partial charge < -0.3 is 15.7 Å². The van der Waals surface area contributed by atoms with E-state index in [1.165, 1.54) is 18.3 Å². The SMILES string of the molecule is C=CNc1cc(C(=O)NOCCO)c(Nc2ccc(Cl)cc2Cl)c(F)c1C. The van der Waals surface area contributed by atoms with Crippen molar-refractivity contribution >= 4 is 46.2 Å². The summed E-state index contributed by atoms with van der Waals surface area (Å²) in [5.74, 6) is -1.36. The van der Waals surface area contributed by atoms with E-state index in [0.717, 1.165) is 0 Å². The average molecular weight is 414 g/mol. The largest absolute Gasteiger partial charge is 0.394 e. The van der Waals surface area contributed by atoms with Gasteiger partial charge in [0.05, 0.1) is 35.2 Å². The number of anilines is 3. The molecular weight excluding hydrogens is 396 g/mol. The van der Waals surface area contributed by atoms with Crippen molar-refractivity contribution < 1.29 is 19.1 Å². The average Bonchev–Trinajstić information content (AvgIpc) is 2.63. The lowest BCUT2D eigenvalue weighted by molar-refractivity contribution is 0.0169. The lowest BCUT2D eigenvalue weighted by Crippen LogP contribution is -2.26. The molecule has 0 atom stereocenters. The van der Waals surface area contributed by atoms with Gasteiger partial charge in [-0.25, -0.2) is 9.87 Å². The molecule has 0 unspecified atom stereocenters. The van der Waals surface area contributed by atoms with Crippen LogP contribution < -0.4 is 16.1 Å². The number of amides is 1. The highest BCUT2D eigenvalue weighted by molar-refractivity contribution is 6.36. The quantitative estimate of drug-likeness (QED) is 0.381. The second-order valence-corrected chi connectivity index (χ2v) is 6.23. The number of carbonyl (C=O) groups is 1. The molecule has 4 N–H and O–H groups in total. The molecule has 0 saturated heterocycles. The number of halogens is 3. The Kier molecular flexibility index (Phi) is 7.44. The van der Waals surface area contributed by atoms with Gasteiger partial charge in [-0.3, -0.25) is 9.63 Å². The maximum atomic E-state index is 15.0. The monoisotopic (exact) mass is 413 g/mol. The number of hydroxylamine groups is 1. The highest BCUT2D eigenvalue weighted by Crippen LogP contribution is 2.34. The first-order chi connectivity index (χ1) is 12.9. The van der Waals surface area contributed by atoms with Crippen LogP contribution in [0.4, 0.5) is 21.5 Å². The minimum Gasteiger partial charge on any atom is -0.394 e. The third kappa shape index (κ3) is 5.11. The van der Waals surface area contributed by atoms with Gasteiger partial charge in [-0.2, -0.15) is 0 Å². The number of nitrogens with one attached hydrogen (secondary N) is 3. The summed E-state index contributed by atoms with van der Waals surface area (Å²) in [6.45, 7) is 4.71. The van der Waals surface area contributed by atoms with E-state index in [2.05, 4.69) is 22.7 Å². The molecule has 0 aliphatic heterocycles. The van der Waals surface area contributed by atoms with Crippen LogP contribution in [0.5, 0.6) is 0 Å². The normalized spacial score (nSPS) is 10.4. The Morgan fingerprint density at radius 2 is 2.07 bits per heavy atom. The molecule has 0 aliphatic rings. The molecule has 2 aromatic rings. The highest BCUT2D eigenvalue weighted by atomic mass is 35.5. The Bertz CT molecular complexity index is 862. The zero-order chi connectivity index (χ0) is 20.0. The predicted octanol–water partition coefficient (Wildman–Crippen LogP) is 4.39. The number of aliphatic hydroxyl groups is 1. The van der Waals surface area contributed by atoms with E-state index in [9.17, 15) is 4.79 Å². The molecule has 2 aromatic carbocycles. The molecule has 0 fully saturated rings. The summed E-state index contributed by atoms with van der Waals surface area (Å²) in [4.78, 5) is 17.3. The summed E-state index contributed by atoms with van der Waals surface area (Å²) >= 11 is 12.0. The smallest absolute Gasteiger partial charge is 0.277 e. The van der Waals surface area contributed by atoms with Crippen molar-refractivity contribution in [1.29, 1.82) is 0 Å². The van der Waals surface area contributed by atoms with Gasteiger partial charge in [-0.05, 0) is 37.4 Å². The van der Waals surface area contributed by atoms with Gasteiger partial charge in [0.15, 0.2) is 5.82 Å². The Labute approximate surface area is 165 Å². The first-order valence-corrected chi connectivity index (χ1v) is 8.60. The number of hydrogen-bond donors (Lipinski definition) is 4. The fourth-order valence-electron chi connectivity index (χ4n) is 2.25. The van der Waals surface area contributed by atoms with Crippen molar-refractivity contribution in [2.75, 3.05) is 23.8 Å². The van der Waals surface area contributed by atoms with Gasteiger partial charge in [-0.15, -0.1) is 0 Å². The van der Waals surface area contributed by atoms with Crippen LogP contribution in [0.2, 0.25) is 10.0 Å². The number of rotatable bonds is 8. The van der Waals surface area contributed by atoms with Gasteiger partial charge in [0.25, 0.3) is 5.91 Å². The summed E-state index contributed by atoms with van der Waals surface area (Å²) < 4.78 is 15.0. The van der Waals surface area contributed by atoms with Crippen LogP contribution in [-0.2, 0) is 4.84 Å². The summed E-state index contributed by atoms with van der Waals surface area (Å²) in [5, 5.41) is 15.0. The minimum atomic E-state index is -0.706. The molecule has 144 valence electrons.